The Balaban J connectivity index is 1.67. The zero-order chi connectivity index (χ0) is 14.8. The molecule has 2 aromatic heterocycles. The monoisotopic (exact) mass is 343 g/mol. The summed E-state index contributed by atoms with van der Waals surface area (Å²) < 4.78 is 5.35. The smallest absolute Gasteiger partial charge is 0.190 e. The summed E-state index contributed by atoms with van der Waals surface area (Å²) in [6, 6.07) is 0. The molecular weight excluding hydrogens is 326 g/mol. The molecule has 0 saturated carbocycles. The molecule has 0 bridgehead atoms. The number of rotatable bonds is 4. The van der Waals surface area contributed by atoms with Gasteiger partial charge in [0.1, 0.15) is 9.98 Å². The minimum absolute atomic E-state index is 0.579. The predicted octanol–water partition coefficient (Wildman–Crippen LogP) is 3.39. The molecule has 4 nitrogen and oxygen atoms in total. The molecule has 21 heavy (non-hydrogen) atoms. The van der Waals surface area contributed by atoms with Crippen LogP contribution < -0.4 is 0 Å². The van der Waals surface area contributed by atoms with Crippen molar-refractivity contribution in [3.8, 4) is 0 Å². The van der Waals surface area contributed by atoms with E-state index in [0.717, 1.165) is 54.0 Å². The second kappa shape index (κ2) is 6.79. The zero-order valence-electron chi connectivity index (χ0n) is 12.2. The van der Waals surface area contributed by atoms with Gasteiger partial charge in [0.15, 0.2) is 5.16 Å². The first-order chi connectivity index (χ1) is 10.1. The van der Waals surface area contributed by atoms with Gasteiger partial charge in [-0.15, -0.1) is 11.3 Å². The Morgan fingerprint density at radius 2 is 2.05 bits per heavy atom. The highest BCUT2D eigenvalue weighted by Gasteiger charge is 2.14. The largest absolute Gasteiger partial charge is 0.379 e. The number of hydrogen-bond donors (Lipinski definition) is 0. The highest BCUT2D eigenvalue weighted by Crippen LogP contribution is 2.34. The van der Waals surface area contributed by atoms with E-state index in [-0.39, 0.29) is 0 Å². The van der Waals surface area contributed by atoms with E-state index < -0.39 is 0 Å². The Morgan fingerprint density at radius 1 is 1.29 bits per heavy atom. The van der Waals surface area contributed by atoms with E-state index >= 15 is 0 Å². The van der Waals surface area contributed by atoms with Crippen molar-refractivity contribution in [2.45, 2.75) is 19.0 Å². The lowest BCUT2D eigenvalue weighted by molar-refractivity contribution is 0.0410. The van der Waals surface area contributed by atoms with Gasteiger partial charge in [0.2, 0.25) is 0 Å². The minimum Gasteiger partial charge on any atom is -0.379 e. The van der Waals surface area contributed by atoms with Gasteiger partial charge in [0.05, 0.1) is 18.6 Å². The van der Waals surface area contributed by atoms with Gasteiger partial charge in [-0.3, -0.25) is 4.90 Å². The van der Waals surface area contributed by atoms with Gasteiger partial charge in [0.25, 0.3) is 0 Å². The van der Waals surface area contributed by atoms with Gasteiger partial charge >= 0.3 is 0 Å². The Bertz CT molecular complexity index is 641. The molecule has 1 aliphatic rings. The van der Waals surface area contributed by atoms with Crippen molar-refractivity contribution in [2.24, 2.45) is 0 Å². The van der Waals surface area contributed by atoms with E-state index in [1.165, 1.54) is 10.4 Å². The van der Waals surface area contributed by atoms with Gasteiger partial charge < -0.3 is 4.74 Å². The maximum Gasteiger partial charge on any atom is 0.190 e. The quantitative estimate of drug-likeness (QED) is 0.483. The average molecular weight is 344 g/mol. The van der Waals surface area contributed by atoms with Crippen LogP contribution in [0.4, 0.5) is 0 Å². The molecule has 1 aliphatic heterocycles. The summed E-state index contributed by atoms with van der Waals surface area (Å²) in [5.41, 5.74) is 1.20. The van der Waals surface area contributed by atoms with E-state index in [2.05, 4.69) is 28.7 Å². The van der Waals surface area contributed by atoms with Gasteiger partial charge in [-0.1, -0.05) is 23.4 Å². The normalized spacial score (nSPS) is 16.7. The molecule has 1 saturated heterocycles. The van der Waals surface area contributed by atoms with Gasteiger partial charge in [-0.05, 0) is 19.4 Å². The van der Waals surface area contributed by atoms with Crippen molar-refractivity contribution in [3.05, 3.63) is 15.6 Å². The van der Waals surface area contributed by atoms with Crippen LogP contribution in [0.25, 0.3) is 10.2 Å². The minimum atomic E-state index is 0.579. The summed E-state index contributed by atoms with van der Waals surface area (Å²) in [5, 5.41) is 2.37. The fourth-order valence-corrected chi connectivity index (χ4v) is 4.69. The number of halogens is 1. The van der Waals surface area contributed by atoms with Crippen molar-refractivity contribution in [3.63, 3.8) is 0 Å². The van der Waals surface area contributed by atoms with Crippen molar-refractivity contribution < 1.29 is 4.74 Å². The van der Waals surface area contributed by atoms with E-state index in [4.69, 9.17) is 16.3 Å². The topological polar surface area (TPSA) is 38.2 Å². The molecule has 0 amide bonds. The number of thioether (sulfide) groups is 1. The lowest BCUT2D eigenvalue weighted by atomic mass is 10.2. The molecule has 114 valence electrons. The van der Waals surface area contributed by atoms with Gasteiger partial charge in [-0.25, -0.2) is 9.97 Å². The number of hydrogen-bond acceptors (Lipinski definition) is 6. The summed E-state index contributed by atoms with van der Waals surface area (Å²) in [4.78, 5) is 13.8. The van der Waals surface area contributed by atoms with Crippen LogP contribution in [0.3, 0.4) is 0 Å². The maximum atomic E-state index is 6.32. The first-order valence-electron chi connectivity index (χ1n) is 7.01. The van der Waals surface area contributed by atoms with E-state index in [9.17, 15) is 0 Å². The molecule has 0 aliphatic carbocycles. The van der Waals surface area contributed by atoms with Crippen LogP contribution in [0, 0.1) is 13.8 Å². The Morgan fingerprint density at radius 3 is 2.81 bits per heavy atom. The molecule has 3 rings (SSSR count). The summed E-state index contributed by atoms with van der Waals surface area (Å²) in [5.74, 6) is 0.977. The SMILES string of the molecule is Cc1sc2nc(SCCN3CCOCC3)nc(Cl)c2c1C. The lowest BCUT2D eigenvalue weighted by Crippen LogP contribution is -2.37. The van der Waals surface area contributed by atoms with E-state index in [1.807, 2.05) is 0 Å². The van der Waals surface area contributed by atoms with E-state index in [0.29, 0.717) is 5.15 Å². The van der Waals surface area contributed by atoms with Crippen molar-refractivity contribution in [2.75, 3.05) is 38.6 Å². The second-order valence-corrected chi connectivity index (χ2v) is 7.69. The Hall–Kier alpha value is -0.400. The second-order valence-electron chi connectivity index (χ2n) is 5.06. The third-order valence-corrected chi connectivity index (χ3v) is 5.91. The zero-order valence-corrected chi connectivity index (χ0v) is 14.6. The molecule has 0 N–H and O–H groups in total. The van der Waals surface area contributed by atoms with Gasteiger partial charge in [-0.2, -0.15) is 0 Å². The lowest BCUT2D eigenvalue weighted by Gasteiger charge is -2.26. The van der Waals surface area contributed by atoms with Crippen LogP contribution in [0.2, 0.25) is 5.15 Å². The summed E-state index contributed by atoms with van der Waals surface area (Å²) in [7, 11) is 0. The van der Waals surface area contributed by atoms with Crippen LogP contribution in [-0.2, 0) is 4.74 Å². The molecular formula is C14H18ClN3OS2. The number of aryl methyl sites for hydroxylation is 2. The molecule has 7 heteroatoms. The van der Waals surface area contributed by atoms with E-state index in [1.54, 1.807) is 23.1 Å². The molecule has 0 radical (unpaired) electrons. The molecule has 0 spiro atoms. The number of morpholine rings is 1. The van der Waals surface area contributed by atoms with Crippen LogP contribution in [0.15, 0.2) is 5.16 Å². The van der Waals surface area contributed by atoms with Crippen LogP contribution >= 0.6 is 34.7 Å². The molecule has 2 aromatic rings. The summed E-state index contributed by atoms with van der Waals surface area (Å²) in [6.45, 7) is 8.93. The number of fused-ring (bicyclic) bond motifs is 1. The number of aromatic nitrogens is 2. The highest BCUT2D eigenvalue weighted by atomic mass is 35.5. The fourth-order valence-electron chi connectivity index (χ4n) is 2.34. The number of nitrogens with zero attached hydrogens (tertiary/aromatic N) is 3. The first kappa shape index (κ1) is 15.5. The van der Waals surface area contributed by atoms with Crippen LogP contribution in [0.5, 0.6) is 0 Å². The van der Waals surface area contributed by atoms with Crippen molar-refractivity contribution in [1.29, 1.82) is 0 Å². The molecule has 3 heterocycles. The summed E-state index contributed by atoms with van der Waals surface area (Å²) in [6.07, 6.45) is 0. The highest BCUT2D eigenvalue weighted by molar-refractivity contribution is 7.99. The first-order valence-corrected chi connectivity index (χ1v) is 9.19. The number of thiophene rings is 1. The Kier molecular flexibility index (Phi) is 5.01. The average Bonchev–Trinajstić information content (AvgIpc) is 2.75. The molecule has 0 atom stereocenters. The third kappa shape index (κ3) is 3.51. The number of ether oxygens (including phenoxy) is 1. The summed E-state index contributed by atoms with van der Waals surface area (Å²) >= 11 is 9.69. The van der Waals surface area contributed by atoms with Gasteiger partial charge in [0, 0.05) is 30.3 Å². The van der Waals surface area contributed by atoms with Crippen LogP contribution in [-0.4, -0.2) is 53.5 Å². The standard InChI is InChI=1S/C14H18ClN3OS2/c1-9-10(2)21-13-11(9)12(15)16-14(17-13)20-8-5-18-3-6-19-7-4-18/h3-8H2,1-2H3. The molecule has 0 unspecified atom stereocenters. The predicted molar refractivity (Wildman–Crippen MR) is 89.9 cm³/mol. The maximum absolute atomic E-state index is 6.32. The van der Waals surface area contributed by atoms with Crippen molar-refractivity contribution in [1.82, 2.24) is 14.9 Å². The fraction of sp³-hybridized carbons (Fsp3) is 0.571. The van der Waals surface area contributed by atoms with Crippen LogP contribution in [0.1, 0.15) is 10.4 Å². The van der Waals surface area contributed by atoms with Crippen molar-refractivity contribution >= 4 is 44.9 Å². The molecule has 1 fully saturated rings. The molecule has 0 aromatic carbocycles. The Labute approximate surface area is 137 Å². The third-order valence-electron chi connectivity index (χ3n) is 3.71.